The molecule has 0 saturated heterocycles. The second-order valence-electron chi connectivity index (χ2n) is 6.05. The number of ether oxygens (including phenoxy) is 6. The Labute approximate surface area is 159 Å². The van der Waals surface area contributed by atoms with Gasteiger partial charge in [0.25, 0.3) is 0 Å². The summed E-state index contributed by atoms with van der Waals surface area (Å²) in [5, 5.41) is 8.52. The molecule has 0 amide bonds. The minimum atomic E-state index is 0.0421. The zero-order valence-electron chi connectivity index (χ0n) is 16.8. The van der Waals surface area contributed by atoms with Crippen molar-refractivity contribution in [3.8, 4) is 0 Å². The van der Waals surface area contributed by atoms with E-state index >= 15 is 0 Å². The van der Waals surface area contributed by atoms with E-state index in [0.717, 1.165) is 18.9 Å². The predicted molar refractivity (Wildman–Crippen MR) is 101 cm³/mol. The van der Waals surface area contributed by atoms with Gasteiger partial charge in [-0.2, -0.15) is 0 Å². The summed E-state index contributed by atoms with van der Waals surface area (Å²) >= 11 is 0. The van der Waals surface area contributed by atoms with Crippen LogP contribution in [0.15, 0.2) is 0 Å². The fourth-order valence-corrected chi connectivity index (χ4v) is 2.00. The summed E-state index contributed by atoms with van der Waals surface area (Å²) < 4.78 is 32.1. The summed E-state index contributed by atoms with van der Waals surface area (Å²) in [5.41, 5.74) is 0. The van der Waals surface area contributed by atoms with Crippen LogP contribution in [-0.2, 0) is 28.4 Å². The Kier molecular flexibility index (Phi) is 22.5. The van der Waals surface area contributed by atoms with Crippen LogP contribution in [0.2, 0.25) is 0 Å². The van der Waals surface area contributed by atoms with Gasteiger partial charge in [0.05, 0.1) is 79.3 Å². The molecule has 0 saturated carbocycles. The van der Waals surface area contributed by atoms with Crippen LogP contribution in [0, 0.1) is 5.92 Å². The van der Waals surface area contributed by atoms with E-state index < -0.39 is 0 Å². The van der Waals surface area contributed by atoms with Crippen LogP contribution >= 0.6 is 0 Å². The van der Waals surface area contributed by atoms with Gasteiger partial charge in [-0.05, 0) is 18.8 Å². The van der Waals surface area contributed by atoms with Crippen molar-refractivity contribution in [2.45, 2.75) is 33.1 Å². The van der Waals surface area contributed by atoms with Gasteiger partial charge in [-0.3, -0.25) is 0 Å². The van der Waals surface area contributed by atoms with Crippen molar-refractivity contribution in [2.24, 2.45) is 5.92 Å². The first-order valence-corrected chi connectivity index (χ1v) is 9.88. The molecule has 7 nitrogen and oxygen atoms in total. The maximum absolute atomic E-state index is 8.52. The maximum Gasteiger partial charge on any atom is 0.0701 e. The molecule has 26 heavy (non-hydrogen) atoms. The van der Waals surface area contributed by atoms with E-state index in [1.807, 2.05) is 0 Å². The van der Waals surface area contributed by atoms with E-state index in [1.54, 1.807) is 0 Å². The topological polar surface area (TPSA) is 75.6 Å². The first-order valence-electron chi connectivity index (χ1n) is 9.88. The average molecular weight is 381 g/mol. The van der Waals surface area contributed by atoms with Crippen LogP contribution in [0.5, 0.6) is 0 Å². The molecule has 0 radical (unpaired) electrons. The zero-order chi connectivity index (χ0) is 19.1. The molecular formula is C19H40O7. The lowest BCUT2D eigenvalue weighted by atomic mass is 10.0. The molecule has 1 atom stereocenters. The lowest BCUT2D eigenvalue weighted by molar-refractivity contribution is -0.0183. The lowest BCUT2D eigenvalue weighted by Crippen LogP contribution is -2.14. The van der Waals surface area contributed by atoms with Gasteiger partial charge in [0.2, 0.25) is 0 Å². The third-order valence-electron chi connectivity index (χ3n) is 3.78. The monoisotopic (exact) mass is 380 g/mol. The fourth-order valence-electron chi connectivity index (χ4n) is 2.00. The second-order valence-corrected chi connectivity index (χ2v) is 6.05. The first kappa shape index (κ1) is 25.7. The van der Waals surface area contributed by atoms with Crippen LogP contribution in [0.25, 0.3) is 0 Å². The summed E-state index contributed by atoms with van der Waals surface area (Å²) in [7, 11) is 0. The first-order chi connectivity index (χ1) is 12.8. The average Bonchev–Trinajstić information content (AvgIpc) is 2.66. The minimum absolute atomic E-state index is 0.0421. The van der Waals surface area contributed by atoms with Gasteiger partial charge in [0.15, 0.2) is 0 Å². The van der Waals surface area contributed by atoms with Gasteiger partial charge in [0, 0.05) is 6.61 Å². The van der Waals surface area contributed by atoms with E-state index in [-0.39, 0.29) is 6.61 Å². The molecule has 0 aromatic carbocycles. The maximum atomic E-state index is 8.52. The highest BCUT2D eigenvalue weighted by atomic mass is 16.6. The smallest absolute Gasteiger partial charge is 0.0701 e. The highest BCUT2D eigenvalue weighted by Gasteiger charge is 1.98. The second kappa shape index (κ2) is 22.8. The Balaban J connectivity index is 2.99. The van der Waals surface area contributed by atoms with Crippen molar-refractivity contribution >= 4 is 0 Å². The molecule has 7 heteroatoms. The summed E-state index contributed by atoms with van der Waals surface area (Å²) in [6, 6.07) is 0. The highest BCUT2D eigenvalue weighted by molar-refractivity contribution is 4.49. The molecule has 1 unspecified atom stereocenters. The molecule has 0 heterocycles. The highest BCUT2D eigenvalue weighted by Crippen LogP contribution is 2.08. The SMILES string of the molecule is CCC(C)CCCOCCOCCOCCOCCOCCOCCO. The number of aliphatic hydroxyl groups is 1. The van der Waals surface area contributed by atoms with E-state index in [0.29, 0.717) is 72.7 Å². The summed E-state index contributed by atoms with van der Waals surface area (Å²) in [6.07, 6.45) is 3.60. The van der Waals surface area contributed by atoms with Crippen LogP contribution in [0.1, 0.15) is 33.1 Å². The third kappa shape index (κ3) is 21.8. The Morgan fingerprint density at radius 2 is 0.923 bits per heavy atom. The van der Waals surface area contributed by atoms with Crippen molar-refractivity contribution in [3.05, 3.63) is 0 Å². The van der Waals surface area contributed by atoms with Crippen molar-refractivity contribution in [2.75, 3.05) is 85.9 Å². The molecule has 0 aromatic rings. The van der Waals surface area contributed by atoms with Crippen molar-refractivity contribution in [1.82, 2.24) is 0 Å². The van der Waals surface area contributed by atoms with E-state index in [1.165, 1.54) is 12.8 Å². The summed E-state index contributed by atoms with van der Waals surface area (Å²) in [6.45, 7) is 11.3. The Bertz CT molecular complexity index is 254. The molecular weight excluding hydrogens is 340 g/mol. The van der Waals surface area contributed by atoms with Crippen LogP contribution in [-0.4, -0.2) is 91.0 Å². The molecule has 0 bridgehead atoms. The van der Waals surface area contributed by atoms with Gasteiger partial charge >= 0.3 is 0 Å². The van der Waals surface area contributed by atoms with Gasteiger partial charge in [-0.25, -0.2) is 0 Å². The normalized spacial score (nSPS) is 12.6. The van der Waals surface area contributed by atoms with Crippen molar-refractivity contribution < 1.29 is 33.5 Å². The molecule has 0 aliphatic rings. The van der Waals surface area contributed by atoms with Gasteiger partial charge < -0.3 is 33.5 Å². The van der Waals surface area contributed by atoms with Crippen molar-refractivity contribution in [3.63, 3.8) is 0 Å². The van der Waals surface area contributed by atoms with Gasteiger partial charge in [-0.1, -0.05) is 20.3 Å². The Morgan fingerprint density at radius 1 is 0.577 bits per heavy atom. The van der Waals surface area contributed by atoms with Crippen molar-refractivity contribution in [1.29, 1.82) is 0 Å². The van der Waals surface area contributed by atoms with Gasteiger partial charge in [-0.15, -0.1) is 0 Å². The molecule has 0 rings (SSSR count). The molecule has 158 valence electrons. The summed E-state index contributed by atoms with van der Waals surface area (Å²) in [4.78, 5) is 0. The van der Waals surface area contributed by atoms with E-state index in [4.69, 9.17) is 33.5 Å². The molecule has 0 aliphatic carbocycles. The third-order valence-corrected chi connectivity index (χ3v) is 3.78. The lowest BCUT2D eigenvalue weighted by Gasteiger charge is -2.09. The van der Waals surface area contributed by atoms with E-state index in [2.05, 4.69) is 13.8 Å². The standard InChI is InChI=1S/C19H40O7/c1-3-19(2)5-4-7-21-9-11-23-13-15-25-17-18-26-16-14-24-12-10-22-8-6-20/h19-20H,3-18H2,1-2H3. The van der Waals surface area contributed by atoms with Crippen LogP contribution < -0.4 is 0 Å². The number of rotatable bonds is 22. The number of hydrogen-bond donors (Lipinski definition) is 1. The van der Waals surface area contributed by atoms with Gasteiger partial charge in [0.1, 0.15) is 0 Å². The largest absolute Gasteiger partial charge is 0.394 e. The van der Waals surface area contributed by atoms with Crippen LogP contribution in [0.4, 0.5) is 0 Å². The molecule has 0 aliphatic heterocycles. The van der Waals surface area contributed by atoms with Crippen LogP contribution in [0.3, 0.4) is 0 Å². The predicted octanol–water partition coefficient (Wildman–Crippen LogP) is 1.90. The summed E-state index contributed by atoms with van der Waals surface area (Å²) in [5.74, 6) is 0.792. The zero-order valence-corrected chi connectivity index (χ0v) is 16.8. The molecule has 0 fully saturated rings. The minimum Gasteiger partial charge on any atom is -0.394 e. The van der Waals surface area contributed by atoms with E-state index in [9.17, 15) is 0 Å². The quantitative estimate of drug-likeness (QED) is 0.288. The Morgan fingerprint density at radius 3 is 1.27 bits per heavy atom. The molecule has 0 spiro atoms. The fraction of sp³-hybridized carbons (Fsp3) is 1.00. The molecule has 1 N–H and O–H groups in total. The number of hydrogen-bond acceptors (Lipinski definition) is 7. The molecule has 0 aromatic heterocycles. The number of aliphatic hydroxyl groups excluding tert-OH is 1. The Hall–Kier alpha value is -0.280.